The molecular weight excluding hydrogens is 684 g/mol. The summed E-state index contributed by atoms with van der Waals surface area (Å²) >= 11 is 0. The Morgan fingerprint density at radius 2 is 1.85 bits per heavy atom. The molecular formula is C43H57FN6O4. The number of carbonyl (C=O) groups is 1. The number of nitrogens with one attached hydrogen (secondary N) is 1. The van der Waals surface area contributed by atoms with Crippen molar-refractivity contribution in [3.8, 4) is 11.9 Å². The molecule has 4 aromatic rings. The number of nitriles is 1. The van der Waals surface area contributed by atoms with Gasteiger partial charge in [0, 0.05) is 35.4 Å². The average molecular weight is 741 g/mol. The summed E-state index contributed by atoms with van der Waals surface area (Å²) in [7, 11) is 0. The Kier molecular flexibility index (Phi) is 13.8. The first kappa shape index (κ1) is 40.8. The van der Waals surface area contributed by atoms with Gasteiger partial charge in [-0.1, -0.05) is 32.9 Å². The standard InChI is InChI=1S/C41H51FN6O4.C2H6/c1-6-41(4,5)52-27-40(2,3)46-39(49)30-14-15-35-36(22-30)48(24-32-17-20-50-32)37(44-35)25-47-18-8-9-29(16-19-47)34-10-7-11-38(45-34)51-26-31-13-12-28(23-43)21-33(31)42;1-2/h7,10-15,21-22,29,32H,6,8-9,16-20,24-27H2,1-5H3,(H,46,49);1-2H3. The highest BCUT2D eigenvalue weighted by Gasteiger charge is 2.28. The van der Waals surface area contributed by atoms with Gasteiger partial charge in [-0.3, -0.25) is 9.69 Å². The van der Waals surface area contributed by atoms with E-state index in [-0.39, 0.29) is 35.7 Å². The summed E-state index contributed by atoms with van der Waals surface area (Å²) < 4.78 is 34.5. The number of benzene rings is 2. The Balaban J connectivity index is 0.00000276. The maximum absolute atomic E-state index is 14.4. The van der Waals surface area contributed by atoms with Gasteiger partial charge in [-0.05, 0) is 109 Å². The number of likely N-dealkylation sites (tertiary alicyclic amines) is 1. The molecule has 2 fully saturated rings. The molecule has 2 unspecified atom stereocenters. The van der Waals surface area contributed by atoms with E-state index in [2.05, 4.69) is 35.6 Å². The van der Waals surface area contributed by atoms with Crippen LogP contribution in [0.5, 0.6) is 5.88 Å². The fourth-order valence-corrected chi connectivity index (χ4v) is 6.60. The molecule has 0 radical (unpaired) electrons. The molecule has 2 aromatic carbocycles. The van der Waals surface area contributed by atoms with E-state index < -0.39 is 11.4 Å². The molecule has 2 atom stereocenters. The third-order valence-corrected chi connectivity index (χ3v) is 10.3. The Labute approximate surface area is 320 Å². The summed E-state index contributed by atoms with van der Waals surface area (Å²) in [5.74, 6) is 1.10. The molecule has 10 nitrogen and oxygen atoms in total. The molecule has 0 spiro atoms. The van der Waals surface area contributed by atoms with Crippen molar-refractivity contribution in [2.75, 3.05) is 26.3 Å². The van der Waals surface area contributed by atoms with Crippen LogP contribution in [-0.2, 0) is 29.2 Å². The Hall–Kier alpha value is -4.37. The van der Waals surface area contributed by atoms with Gasteiger partial charge in [0.05, 0.1) is 59.6 Å². The van der Waals surface area contributed by atoms with Crippen molar-refractivity contribution in [3.05, 3.63) is 88.6 Å². The molecule has 290 valence electrons. The number of imidazole rings is 1. The number of aromatic nitrogens is 3. The summed E-state index contributed by atoms with van der Waals surface area (Å²) in [6.45, 7) is 18.6. The summed E-state index contributed by atoms with van der Waals surface area (Å²) in [5.41, 5.74) is 3.24. The minimum absolute atomic E-state index is 0.0377. The topological polar surface area (TPSA) is 115 Å². The molecule has 2 aliphatic heterocycles. The van der Waals surface area contributed by atoms with E-state index in [4.69, 9.17) is 29.4 Å². The number of nitrogens with zero attached hydrogens (tertiary/aromatic N) is 5. The number of hydrogen-bond acceptors (Lipinski definition) is 8. The lowest BCUT2D eigenvalue weighted by Crippen LogP contribution is -2.48. The molecule has 11 heteroatoms. The molecule has 2 aliphatic rings. The summed E-state index contributed by atoms with van der Waals surface area (Å²) in [4.78, 5) is 25.8. The van der Waals surface area contributed by atoms with Crippen LogP contribution in [0.2, 0.25) is 0 Å². The summed E-state index contributed by atoms with van der Waals surface area (Å²) in [5, 5.41) is 12.2. The van der Waals surface area contributed by atoms with Gasteiger partial charge in [0.15, 0.2) is 0 Å². The first-order chi connectivity index (χ1) is 25.9. The van der Waals surface area contributed by atoms with Gasteiger partial charge < -0.3 is 24.1 Å². The molecule has 1 amide bonds. The predicted molar refractivity (Wildman–Crippen MR) is 209 cm³/mol. The quantitative estimate of drug-likeness (QED) is 0.137. The first-order valence-electron chi connectivity index (χ1n) is 19.5. The van der Waals surface area contributed by atoms with Crippen molar-refractivity contribution in [2.24, 2.45) is 0 Å². The van der Waals surface area contributed by atoms with E-state index in [0.717, 1.165) is 74.4 Å². The number of amides is 1. The molecule has 0 bridgehead atoms. The number of hydrogen-bond donors (Lipinski definition) is 1. The highest BCUT2D eigenvalue weighted by Crippen LogP contribution is 2.30. The molecule has 6 rings (SSSR count). The fraction of sp³-hybridized carbons (Fsp3) is 0.535. The zero-order valence-electron chi connectivity index (χ0n) is 33.1. The second kappa shape index (κ2) is 18.3. The van der Waals surface area contributed by atoms with E-state index >= 15 is 0 Å². The van der Waals surface area contributed by atoms with Crippen molar-refractivity contribution in [1.82, 2.24) is 24.8 Å². The van der Waals surface area contributed by atoms with Crippen LogP contribution in [-0.4, -0.2) is 68.9 Å². The molecule has 1 N–H and O–H groups in total. The summed E-state index contributed by atoms with van der Waals surface area (Å²) in [6.07, 6.45) is 4.97. The Morgan fingerprint density at radius 3 is 2.56 bits per heavy atom. The highest BCUT2D eigenvalue weighted by atomic mass is 19.1. The number of fused-ring (bicyclic) bond motifs is 1. The van der Waals surface area contributed by atoms with Crippen LogP contribution in [0.15, 0.2) is 54.6 Å². The van der Waals surface area contributed by atoms with Crippen molar-refractivity contribution in [2.45, 2.75) is 123 Å². The lowest BCUT2D eigenvalue weighted by atomic mass is 9.96. The van der Waals surface area contributed by atoms with Crippen LogP contribution in [0.4, 0.5) is 4.39 Å². The van der Waals surface area contributed by atoms with Gasteiger partial charge in [0.1, 0.15) is 18.2 Å². The number of pyridine rings is 1. The molecule has 2 saturated heterocycles. The maximum atomic E-state index is 14.4. The first-order valence-corrected chi connectivity index (χ1v) is 19.5. The lowest BCUT2D eigenvalue weighted by molar-refractivity contribution is -0.0592. The van der Waals surface area contributed by atoms with Gasteiger partial charge in [0.2, 0.25) is 5.88 Å². The van der Waals surface area contributed by atoms with Crippen molar-refractivity contribution in [3.63, 3.8) is 0 Å². The molecule has 0 saturated carbocycles. The smallest absolute Gasteiger partial charge is 0.251 e. The van der Waals surface area contributed by atoms with Gasteiger partial charge in [-0.2, -0.15) is 5.26 Å². The van der Waals surface area contributed by atoms with Crippen LogP contribution in [0.25, 0.3) is 11.0 Å². The SMILES string of the molecule is CC.CCC(C)(C)OCC(C)(C)NC(=O)c1ccc2nc(CN3CCCC(c4cccc(OCc5ccc(C#N)cc5F)n4)CC3)n(CC3CCO3)c2c1. The molecule has 54 heavy (non-hydrogen) atoms. The normalized spacial score (nSPS) is 17.8. The zero-order chi connectivity index (χ0) is 38.9. The van der Waals surface area contributed by atoms with Crippen LogP contribution < -0.4 is 10.1 Å². The largest absolute Gasteiger partial charge is 0.473 e. The van der Waals surface area contributed by atoms with E-state index in [0.29, 0.717) is 36.7 Å². The Morgan fingerprint density at radius 1 is 1.06 bits per heavy atom. The van der Waals surface area contributed by atoms with Crippen LogP contribution in [0, 0.1) is 17.1 Å². The van der Waals surface area contributed by atoms with E-state index in [1.165, 1.54) is 6.07 Å². The van der Waals surface area contributed by atoms with Gasteiger partial charge in [-0.15, -0.1) is 0 Å². The Bertz CT molecular complexity index is 1910. The number of rotatable bonds is 14. The predicted octanol–water partition coefficient (Wildman–Crippen LogP) is 8.32. The van der Waals surface area contributed by atoms with Crippen LogP contribution in [0.3, 0.4) is 0 Å². The van der Waals surface area contributed by atoms with Gasteiger partial charge in [-0.25, -0.2) is 14.4 Å². The molecule has 2 aromatic heterocycles. The van der Waals surface area contributed by atoms with Crippen molar-refractivity contribution < 1.29 is 23.4 Å². The zero-order valence-corrected chi connectivity index (χ0v) is 33.1. The lowest BCUT2D eigenvalue weighted by Gasteiger charge is -2.32. The fourth-order valence-electron chi connectivity index (χ4n) is 6.60. The number of ether oxygens (including phenoxy) is 3. The van der Waals surface area contributed by atoms with Gasteiger partial charge >= 0.3 is 0 Å². The van der Waals surface area contributed by atoms with E-state index in [9.17, 15) is 9.18 Å². The molecule has 4 heterocycles. The van der Waals surface area contributed by atoms with E-state index in [1.54, 1.807) is 18.2 Å². The molecule has 0 aliphatic carbocycles. The third kappa shape index (κ3) is 10.6. The van der Waals surface area contributed by atoms with Crippen LogP contribution >= 0.6 is 0 Å². The van der Waals surface area contributed by atoms with E-state index in [1.807, 2.05) is 64.1 Å². The summed E-state index contributed by atoms with van der Waals surface area (Å²) in [6, 6.07) is 17.9. The minimum Gasteiger partial charge on any atom is -0.473 e. The average Bonchev–Trinajstić information content (AvgIpc) is 3.30. The second-order valence-corrected chi connectivity index (χ2v) is 15.4. The maximum Gasteiger partial charge on any atom is 0.251 e. The van der Waals surface area contributed by atoms with Crippen molar-refractivity contribution in [1.29, 1.82) is 5.26 Å². The second-order valence-electron chi connectivity index (χ2n) is 15.4. The van der Waals surface area contributed by atoms with Crippen LogP contribution in [0.1, 0.15) is 119 Å². The monoisotopic (exact) mass is 740 g/mol. The highest BCUT2D eigenvalue weighted by molar-refractivity contribution is 5.97. The minimum atomic E-state index is -0.538. The number of carbonyl (C=O) groups excluding carboxylic acids is 1. The third-order valence-electron chi connectivity index (χ3n) is 10.3. The number of halogens is 1. The van der Waals surface area contributed by atoms with Gasteiger partial charge in [0.25, 0.3) is 5.91 Å². The van der Waals surface area contributed by atoms with Crippen molar-refractivity contribution >= 4 is 16.9 Å².